The summed E-state index contributed by atoms with van der Waals surface area (Å²) in [6.45, 7) is 0. The predicted octanol–water partition coefficient (Wildman–Crippen LogP) is 4.98. The number of fused-ring (bicyclic) bond motifs is 1. The smallest absolute Gasteiger partial charge is 0.260 e. The number of methoxy groups -OCH3 is 1. The first-order chi connectivity index (χ1) is 12.2. The average Bonchev–Trinajstić information content (AvgIpc) is 3.07. The Morgan fingerprint density at radius 3 is 2.76 bits per heavy atom. The van der Waals surface area contributed by atoms with Gasteiger partial charge in [-0.1, -0.05) is 35.9 Å². The molecule has 1 N–H and O–H groups in total. The van der Waals surface area contributed by atoms with Crippen LogP contribution in [0.25, 0.3) is 32.7 Å². The number of hydrogen-bond acceptors (Lipinski definition) is 4. The Labute approximate surface area is 152 Å². The molecular weight excluding hydrogens is 356 g/mol. The van der Waals surface area contributed by atoms with E-state index in [1.54, 1.807) is 13.2 Å². The van der Waals surface area contributed by atoms with Crippen molar-refractivity contribution in [3.8, 4) is 28.3 Å². The van der Waals surface area contributed by atoms with Crippen LogP contribution >= 0.6 is 22.9 Å². The molecule has 4 nitrogen and oxygen atoms in total. The number of nitrogens with one attached hydrogen (secondary N) is 1. The molecule has 25 heavy (non-hydrogen) atoms. The first-order valence-electron chi connectivity index (χ1n) is 7.58. The van der Waals surface area contributed by atoms with Crippen LogP contribution < -0.4 is 10.3 Å². The molecule has 0 bridgehead atoms. The van der Waals surface area contributed by atoms with Gasteiger partial charge in [-0.15, -0.1) is 11.3 Å². The van der Waals surface area contributed by atoms with E-state index in [1.165, 1.54) is 11.3 Å². The van der Waals surface area contributed by atoms with Crippen LogP contribution in [-0.4, -0.2) is 17.1 Å². The normalized spacial score (nSPS) is 11.0. The van der Waals surface area contributed by atoms with E-state index in [1.807, 2.05) is 47.8 Å². The van der Waals surface area contributed by atoms with Gasteiger partial charge in [0.2, 0.25) is 0 Å². The van der Waals surface area contributed by atoms with E-state index in [9.17, 15) is 4.79 Å². The Morgan fingerprint density at radius 2 is 1.96 bits per heavy atom. The lowest BCUT2D eigenvalue weighted by Crippen LogP contribution is -2.09. The summed E-state index contributed by atoms with van der Waals surface area (Å²) in [5.41, 5.74) is 2.29. The van der Waals surface area contributed by atoms with Crippen molar-refractivity contribution in [1.82, 2.24) is 9.97 Å². The molecule has 0 saturated heterocycles. The predicted molar refractivity (Wildman–Crippen MR) is 103 cm³/mol. The highest BCUT2D eigenvalue weighted by Gasteiger charge is 2.15. The van der Waals surface area contributed by atoms with Gasteiger partial charge < -0.3 is 9.72 Å². The van der Waals surface area contributed by atoms with Gasteiger partial charge >= 0.3 is 0 Å². The van der Waals surface area contributed by atoms with Crippen LogP contribution in [-0.2, 0) is 0 Å². The molecule has 0 aliphatic carbocycles. The van der Waals surface area contributed by atoms with Gasteiger partial charge in [-0.25, -0.2) is 4.98 Å². The number of halogens is 1. The Bertz CT molecular complexity index is 1130. The zero-order valence-electron chi connectivity index (χ0n) is 13.2. The van der Waals surface area contributed by atoms with Gasteiger partial charge in [-0.3, -0.25) is 4.79 Å². The van der Waals surface area contributed by atoms with Crippen molar-refractivity contribution in [2.45, 2.75) is 0 Å². The third-order valence-electron chi connectivity index (χ3n) is 3.95. The number of rotatable bonds is 3. The molecule has 0 spiro atoms. The fraction of sp³-hybridized carbons (Fsp3) is 0.0526. The van der Waals surface area contributed by atoms with Gasteiger partial charge in [0.05, 0.1) is 17.5 Å². The number of nitrogens with zero attached hydrogens (tertiary/aromatic N) is 1. The van der Waals surface area contributed by atoms with Crippen LogP contribution in [0.1, 0.15) is 0 Å². The Hall–Kier alpha value is -2.63. The number of ether oxygens (including phenoxy) is 1. The van der Waals surface area contributed by atoms with Crippen LogP contribution in [0.15, 0.2) is 58.7 Å². The number of aromatic amines is 1. The minimum absolute atomic E-state index is 0.181. The monoisotopic (exact) mass is 368 g/mol. The van der Waals surface area contributed by atoms with Crippen molar-refractivity contribution in [3.05, 3.63) is 69.3 Å². The molecule has 4 rings (SSSR count). The van der Waals surface area contributed by atoms with Crippen LogP contribution in [0.5, 0.6) is 5.75 Å². The molecule has 0 saturated carbocycles. The van der Waals surface area contributed by atoms with Crippen LogP contribution in [0.3, 0.4) is 0 Å². The summed E-state index contributed by atoms with van der Waals surface area (Å²) in [7, 11) is 1.62. The third kappa shape index (κ3) is 2.81. The molecule has 0 unspecified atom stereocenters. The summed E-state index contributed by atoms with van der Waals surface area (Å²) in [4.78, 5) is 20.9. The van der Waals surface area contributed by atoms with Crippen molar-refractivity contribution in [1.29, 1.82) is 0 Å². The lowest BCUT2D eigenvalue weighted by molar-refractivity contribution is 0.415. The Kier molecular flexibility index (Phi) is 4.03. The fourth-order valence-corrected chi connectivity index (χ4v) is 3.91. The maximum Gasteiger partial charge on any atom is 0.260 e. The molecule has 2 aromatic carbocycles. The number of H-pyrrole nitrogens is 1. The highest BCUT2D eigenvalue weighted by molar-refractivity contribution is 7.17. The second-order valence-electron chi connectivity index (χ2n) is 5.46. The Morgan fingerprint density at radius 1 is 1.12 bits per heavy atom. The summed E-state index contributed by atoms with van der Waals surface area (Å²) in [5.74, 6) is 1.22. The molecule has 6 heteroatoms. The second-order valence-corrected chi connectivity index (χ2v) is 6.72. The summed E-state index contributed by atoms with van der Waals surface area (Å²) in [5, 5.41) is 3.07. The standard InChI is InChI=1S/C19H13ClN2O2S/c1-24-12-6-4-5-11(9-12)14-10-25-19-16(14)18(23)21-17(22-19)13-7-2-3-8-15(13)20/h2-10H,1H3,(H,21,22,23). The van der Waals surface area contributed by atoms with Crippen molar-refractivity contribution >= 4 is 33.2 Å². The van der Waals surface area contributed by atoms with Gasteiger partial charge in [-0.05, 0) is 29.8 Å². The second kappa shape index (κ2) is 6.35. The highest BCUT2D eigenvalue weighted by atomic mass is 35.5. The van der Waals surface area contributed by atoms with Gasteiger partial charge in [-0.2, -0.15) is 0 Å². The maximum atomic E-state index is 12.7. The molecule has 124 valence electrons. The number of aromatic nitrogens is 2. The zero-order valence-corrected chi connectivity index (χ0v) is 14.8. The largest absolute Gasteiger partial charge is 0.497 e. The van der Waals surface area contributed by atoms with Crippen LogP contribution in [0.4, 0.5) is 0 Å². The van der Waals surface area contributed by atoms with Gasteiger partial charge in [0.15, 0.2) is 0 Å². The molecule has 0 aliphatic rings. The van der Waals surface area contributed by atoms with Crippen molar-refractivity contribution in [3.63, 3.8) is 0 Å². The van der Waals surface area contributed by atoms with Crippen molar-refractivity contribution < 1.29 is 4.74 Å². The van der Waals surface area contributed by atoms with Gasteiger partial charge in [0.25, 0.3) is 5.56 Å². The number of hydrogen-bond donors (Lipinski definition) is 1. The summed E-state index contributed by atoms with van der Waals surface area (Å²) in [6, 6.07) is 14.9. The topological polar surface area (TPSA) is 55.0 Å². The molecule has 2 aromatic heterocycles. The van der Waals surface area contributed by atoms with Gasteiger partial charge in [0, 0.05) is 16.5 Å². The molecule has 0 atom stereocenters. The zero-order chi connectivity index (χ0) is 17.4. The molecule has 0 radical (unpaired) electrons. The molecule has 0 amide bonds. The SMILES string of the molecule is COc1cccc(-c2csc3nc(-c4ccccc4Cl)[nH]c(=O)c23)c1. The summed E-state index contributed by atoms with van der Waals surface area (Å²) < 4.78 is 5.27. The lowest BCUT2D eigenvalue weighted by atomic mass is 10.1. The first kappa shape index (κ1) is 15.9. The number of thiophene rings is 1. The van der Waals surface area contributed by atoms with Crippen molar-refractivity contribution in [2.75, 3.05) is 7.11 Å². The van der Waals surface area contributed by atoms with Crippen LogP contribution in [0.2, 0.25) is 5.02 Å². The van der Waals surface area contributed by atoms with E-state index in [0.29, 0.717) is 26.6 Å². The Balaban J connectivity index is 1.91. The highest BCUT2D eigenvalue weighted by Crippen LogP contribution is 2.33. The minimum Gasteiger partial charge on any atom is -0.497 e. The molecular formula is C19H13ClN2O2S. The van der Waals surface area contributed by atoms with E-state index in [2.05, 4.69) is 9.97 Å². The minimum atomic E-state index is -0.181. The maximum absolute atomic E-state index is 12.7. The fourth-order valence-electron chi connectivity index (χ4n) is 2.73. The quantitative estimate of drug-likeness (QED) is 0.554. The molecule has 0 aliphatic heterocycles. The first-order valence-corrected chi connectivity index (χ1v) is 8.84. The van der Waals surface area contributed by atoms with Crippen LogP contribution in [0, 0.1) is 0 Å². The van der Waals surface area contributed by atoms with Crippen molar-refractivity contribution in [2.24, 2.45) is 0 Å². The molecule has 4 aromatic rings. The van der Waals surface area contributed by atoms with E-state index in [0.717, 1.165) is 16.9 Å². The third-order valence-corrected chi connectivity index (χ3v) is 5.16. The lowest BCUT2D eigenvalue weighted by Gasteiger charge is -2.05. The molecule has 0 fully saturated rings. The summed E-state index contributed by atoms with van der Waals surface area (Å²) in [6.07, 6.45) is 0. The van der Waals surface area contributed by atoms with Gasteiger partial charge in [0.1, 0.15) is 16.4 Å². The van der Waals surface area contributed by atoms with E-state index < -0.39 is 0 Å². The average molecular weight is 369 g/mol. The molecule has 2 heterocycles. The summed E-state index contributed by atoms with van der Waals surface area (Å²) >= 11 is 7.66. The van der Waals surface area contributed by atoms with E-state index in [4.69, 9.17) is 16.3 Å². The number of benzene rings is 2. The van der Waals surface area contributed by atoms with E-state index in [-0.39, 0.29) is 5.56 Å². The van der Waals surface area contributed by atoms with E-state index >= 15 is 0 Å².